The van der Waals surface area contributed by atoms with Crippen molar-refractivity contribution in [2.75, 3.05) is 13.1 Å². The highest BCUT2D eigenvalue weighted by Crippen LogP contribution is 2.03. The number of rotatable bonds is 8. The van der Waals surface area contributed by atoms with Crippen molar-refractivity contribution in [1.82, 2.24) is 10.2 Å². The van der Waals surface area contributed by atoms with E-state index in [9.17, 15) is 9.59 Å². The van der Waals surface area contributed by atoms with Crippen molar-refractivity contribution in [1.29, 1.82) is 0 Å². The quantitative estimate of drug-likeness (QED) is 0.571. The topological polar surface area (TPSA) is 95.7 Å². The Kier molecular flexibility index (Phi) is 7.54. The van der Waals surface area contributed by atoms with Gasteiger partial charge in [-0.25, -0.2) is 0 Å². The average Bonchev–Trinajstić information content (AvgIpc) is 2.21. The van der Waals surface area contributed by atoms with Gasteiger partial charge < -0.3 is 16.2 Å². The summed E-state index contributed by atoms with van der Waals surface area (Å²) in [5, 5.41) is 11.2. The molecule has 18 heavy (non-hydrogen) atoms. The first-order chi connectivity index (χ1) is 8.25. The van der Waals surface area contributed by atoms with Crippen LogP contribution in [0.3, 0.4) is 0 Å². The molecule has 0 saturated heterocycles. The van der Waals surface area contributed by atoms with Gasteiger partial charge in [-0.2, -0.15) is 0 Å². The molecule has 0 rings (SSSR count). The lowest BCUT2D eigenvalue weighted by Gasteiger charge is -2.30. The number of nitrogens with one attached hydrogen (secondary N) is 1. The van der Waals surface area contributed by atoms with Crippen molar-refractivity contribution < 1.29 is 14.7 Å². The molecule has 0 fully saturated rings. The molecule has 0 aromatic heterocycles. The van der Waals surface area contributed by atoms with Crippen molar-refractivity contribution >= 4 is 11.9 Å². The van der Waals surface area contributed by atoms with Crippen LogP contribution >= 0.6 is 0 Å². The van der Waals surface area contributed by atoms with E-state index in [1.54, 1.807) is 0 Å². The van der Waals surface area contributed by atoms with Gasteiger partial charge >= 0.3 is 5.97 Å². The number of nitrogens with two attached hydrogens (primary N) is 1. The van der Waals surface area contributed by atoms with Crippen LogP contribution in [0.5, 0.6) is 0 Å². The molecule has 106 valence electrons. The molecule has 0 aliphatic heterocycles. The normalized spacial score (nSPS) is 13.1. The zero-order valence-corrected chi connectivity index (χ0v) is 11.6. The first-order valence-corrected chi connectivity index (χ1v) is 6.26. The summed E-state index contributed by atoms with van der Waals surface area (Å²) in [4.78, 5) is 24.1. The van der Waals surface area contributed by atoms with Crippen LogP contribution in [0.1, 0.15) is 34.1 Å². The fraction of sp³-hybridized carbons (Fsp3) is 0.833. The molecule has 1 amide bonds. The second-order valence-electron chi connectivity index (χ2n) is 4.92. The van der Waals surface area contributed by atoms with Crippen LogP contribution in [0, 0.1) is 0 Å². The molecule has 0 bridgehead atoms. The average molecular weight is 259 g/mol. The first-order valence-electron chi connectivity index (χ1n) is 6.26. The number of carboxylic acids is 1. The van der Waals surface area contributed by atoms with Crippen LogP contribution in [-0.2, 0) is 9.59 Å². The highest BCUT2D eigenvalue weighted by Gasteiger charge is 2.17. The van der Waals surface area contributed by atoms with Crippen LogP contribution < -0.4 is 11.1 Å². The zero-order chi connectivity index (χ0) is 14.3. The number of carbonyl (C=O) groups is 2. The van der Waals surface area contributed by atoms with Crippen LogP contribution in [-0.4, -0.2) is 53.1 Å². The minimum atomic E-state index is -1.07. The molecular formula is C12H25N3O3. The third-order valence-corrected chi connectivity index (χ3v) is 2.73. The lowest BCUT2D eigenvalue weighted by atomic mass is 10.2. The summed E-state index contributed by atoms with van der Waals surface area (Å²) in [6.45, 7) is 9.58. The largest absolute Gasteiger partial charge is 0.481 e. The van der Waals surface area contributed by atoms with Crippen LogP contribution in [0.4, 0.5) is 0 Å². The van der Waals surface area contributed by atoms with Crippen molar-refractivity contribution in [3.05, 3.63) is 0 Å². The summed E-state index contributed by atoms with van der Waals surface area (Å²) >= 11 is 0. The Morgan fingerprint density at radius 1 is 1.22 bits per heavy atom. The van der Waals surface area contributed by atoms with E-state index in [1.165, 1.54) is 0 Å². The molecule has 1 atom stereocenters. The van der Waals surface area contributed by atoms with E-state index >= 15 is 0 Å². The van der Waals surface area contributed by atoms with Gasteiger partial charge in [0.1, 0.15) is 0 Å². The minimum absolute atomic E-state index is 0.343. The molecular weight excluding hydrogens is 234 g/mol. The fourth-order valence-electron chi connectivity index (χ4n) is 1.83. The second kappa shape index (κ2) is 8.05. The summed E-state index contributed by atoms with van der Waals surface area (Å²) in [5.41, 5.74) is 5.45. The Balaban J connectivity index is 4.02. The van der Waals surface area contributed by atoms with Gasteiger partial charge in [0.15, 0.2) is 0 Å². The Morgan fingerprint density at radius 3 is 2.11 bits per heavy atom. The Hall–Kier alpha value is -1.14. The van der Waals surface area contributed by atoms with Crippen molar-refractivity contribution in [3.63, 3.8) is 0 Å². The smallest absolute Gasteiger partial charge is 0.305 e. The Labute approximate surface area is 109 Å². The Bertz CT molecular complexity index is 272. The van der Waals surface area contributed by atoms with Gasteiger partial charge in [-0.15, -0.1) is 0 Å². The van der Waals surface area contributed by atoms with Gasteiger partial charge in [0.25, 0.3) is 0 Å². The molecule has 1 unspecified atom stereocenters. The summed E-state index contributed by atoms with van der Waals surface area (Å²) in [5.74, 6) is -1.48. The SMILES string of the molecule is CC(C)N(CCNC(=O)C(N)CC(=O)O)C(C)C. The van der Waals surface area contributed by atoms with E-state index in [0.29, 0.717) is 18.6 Å². The number of aliphatic carboxylic acids is 1. The molecule has 6 nitrogen and oxygen atoms in total. The molecule has 4 N–H and O–H groups in total. The number of amides is 1. The third-order valence-electron chi connectivity index (χ3n) is 2.73. The van der Waals surface area contributed by atoms with E-state index in [1.807, 2.05) is 0 Å². The molecule has 0 aliphatic carbocycles. The van der Waals surface area contributed by atoms with E-state index in [2.05, 4.69) is 37.9 Å². The van der Waals surface area contributed by atoms with E-state index in [-0.39, 0.29) is 6.42 Å². The molecule has 6 heteroatoms. The van der Waals surface area contributed by atoms with Crippen molar-refractivity contribution in [2.45, 2.75) is 52.2 Å². The van der Waals surface area contributed by atoms with Gasteiger partial charge in [-0.1, -0.05) is 0 Å². The van der Waals surface area contributed by atoms with Crippen molar-refractivity contribution in [2.24, 2.45) is 5.73 Å². The lowest BCUT2D eigenvalue weighted by molar-refractivity contribution is -0.139. The zero-order valence-electron chi connectivity index (χ0n) is 11.6. The van der Waals surface area contributed by atoms with Gasteiger partial charge in [0, 0.05) is 25.2 Å². The number of hydrogen-bond acceptors (Lipinski definition) is 4. The van der Waals surface area contributed by atoms with Gasteiger partial charge in [-0.05, 0) is 27.7 Å². The van der Waals surface area contributed by atoms with Gasteiger partial charge in [0.05, 0.1) is 12.5 Å². The van der Waals surface area contributed by atoms with E-state index in [4.69, 9.17) is 10.8 Å². The molecule has 0 aromatic rings. The van der Waals surface area contributed by atoms with Crippen LogP contribution in [0.25, 0.3) is 0 Å². The van der Waals surface area contributed by atoms with Crippen molar-refractivity contribution in [3.8, 4) is 0 Å². The predicted octanol–water partition coefficient (Wildman–Crippen LogP) is 0.0234. The first kappa shape index (κ1) is 16.9. The maximum atomic E-state index is 11.5. The number of nitrogens with zero attached hydrogens (tertiary/aromatic N) is 1. The molecule has 0 saturated carbocycles. The van der Waals surface area contributed by atoms with E-state index < -0.39 is 17.9 Å². The summed E-state index contributed by atoms with van der Waals surface area (Å²) in [7, 11) is 0. The van der Waals surface area contributed by atoms with Gasteiger partial charge in [0.2, 0.25) is 5.91 Å². The molecule has 0 aliphatic rings. The molecule has 0 aromatic carbocycles. The fourth-order valence-corrected chi connectivity index (χ4v) is 1.83. The predicted molar refractivity (Wildman–Crippen MR) is 70.2 cm³/mol. The van der Waals surface area contributed by atoms with Crippen LogP contribution in [0.15, 0.2) is 0 Å². The Morgan fingerprint density at radius 2 is 1.72 bits per heavy atom. The van der Waals surface area contributed by atoms with Crippen LogP contribution in [0.2, 0.25) is 0 Å². The molecule has 0 radical (unpaired) electrons. The third kappa shape index (κ3) is 6.56. The number of carbonyl (C=O) groups excluding carboxylic acids is 1. The summed E-state index contributed by atoms with van der Waals surface area (Å²) < 4.78 is 0. The standard InChI is InChI=1S/C12H25N3O3/c1-8(2)15(9(3)4)6-5-14-12(18)10(13)7-11(16)17/h8-10H,5-7,13H2,1-4H3,(H,14,18)(H,16,17). The highest BCUT2D eigenvalue weighted by molar-refractivity contribution is 5.85. The number of carboxylic acid groups (broad SMARTS) is 1. The molecule has 0 heterocycles. The minimum Gasteiger partial charge on any atom is -0.481 e. The summed E-state index contributed by atoms with van der Waals surface area (Å²) in [6.07, 6.45) is -0.343. The van der Waals surface area contributed by atoms with E-state index in [0.717, 1.165) is 6.54 Å². The maximum absolute atomic E-state index is 11.5. The molecule has 0 spiro atoms. The second-order valence-corrected chi connectivity index (χ2v) is 4.92. The highest BCUT2D eigenvalue weighted by atomic mass is 16.4. The summed E-state index contributed by atoms with van der Waals surface area (Å²) in [6, 6.07) is -0.182. The lowest BCUT2D eigenvalue weighted by Crippen LogP contribution is -2.46. The van der Waals surface area contributed by atoms with Gasteiger partial charge in [-0.3, -0.25) is 14.5 Å². The monoisotopic (exact) mass is 259 g/mol. The maximum Gasteiger partial charge on any atom is 0.305 e. The number of hydrogen-bond donors (Lipinski definition) is 3.